The number of rotatable bonds is 8. The van der Waals surface area contributed by atoms with Crippen LogP contribution in [0, 0.1) is 0 Å². The topological polar surface area (TPSA) is 204 Å². The number of hydrogen-bond acceptors (Lipinski definition) is 12. The van der Waals surface area contributed by atoms with Crippen LogP contribution in [0.4, 0.5) is 17.8 Å². The lowest BCUT2D eigenvalue weighted by Crippen LogP contribution is -2.54. The number of aromatic nitrogens is 3. The zero-order valence-corrected chi connectivity index (χ0v) is 18.8. The molecule has 0 spiro atoms. The molecule has 1 aromatic heterocycles. The van der Waals surface area contributed by atoms with E-state index in [9.17, 15) is 4.79 Å². The van der Waals surface area contributed by atoms with Crippen LogP contribution in [0.5, 0.6) is 0 Å². The molecular formula is C18H35N11OS. The summed E-state index contributed by atoms with van der Waals surface area (Å²) in [5.74, 6) is 1.52. The summed E-state index contributed by atoms with van der Waals surface area (Å²) >= 11 is 1.64. The lowest BCUT2D eigenvalue weighted by Gasteiger charge is -2.37. The van der Waals surface area contributed by atoms with Gasteiger partial charge in [-0.1, -0.05) is 0 Å². The van der Waals surface area contributed by atoms with Gasteiger partial charge in [0.25, 0.3) is 0 Å². The first-order valence-electron chi connectivity index (χ1n) is 10.6. The summed E-state index contributed by atoms with van der Waals surface area (Å²) in [6, 6.07) is -0.879. The van der Waals surface area contributed by atoms with E-state index in [1.54, 1.807) is 11.8 Å². The highest BCUT2D eigenvalue weighted by molar-refractivity contribution is 7.98. The standard InChI is InChI=1S/C18H35N11OS/c1-31-3-2-14(15(23)30)24-16-25-17(28-6-10(19)4-11(20)7-28)27-18(26-16)29-8-12(21)5-13(22)9-29/h10-14H,2-9,19-22H2,1H3,(H2,23,30)(H,24,25,26,27)/t10-,11+,12-,13+,14-/m0/s1. The fourth-order valence-electron chi connectivity index (χ4n) is 4.06. The van der Waals surface area contributed by atoms with Gasteiger partial charge in [0.15, 0.2) is 0 Å². The molecule has 12 nitrogen and oxygen atoms in total. The van der Waals surface area contributed by atoms with Crippen molar-refractivity contribution in [3.05, 3.63) is 0 Å². The van der Waals surface area contributed by atoms with Crippen molar-refractivity contribution >= 4 is 35.5 Å². The number of piperidine rings is 2. The molecule has 1 aromatic rings. The Bertz CT molecular complexity index is 689. The summed E-state index contributed by atoms with van der Waals surface area (Å²) in [5, 5.41) is 3.09. The molecule has 1 amide bonds. The van der Waals surface area contributed by atoms with Gasteiger partial charge in [-0.15, -0.1) is 0 Å². The minimum absolute atomic E-state index is 0.0721. The van der Waals surface area contributed by atoms with Gasteiger partial charge in [0.05, 0.1) is 0 Å². The monoisotopic (exact) mass is 453 g/mol. The first-order chi connectivity index (χ1) is 14.7. The van der Waals surface area contributed by atoms with Crippen LogP contribution >= 0.6 is 11.8 Å². The van der Waals surface area contributed by atoms with Crippen LogP contribution in [-0.2, 0) is 4.79 Å². The highest BCUT2D eigenvalue weighted by Gasteiger charge is 2.29. The fourth-order valence-corrected chi connectivity index (χ4v) is 4.53. The average Bonchev–Trinajstić information content (AvgIpc) is 2.69. The van der Waals surface area contributed by atoms with Gasteiger partial charge in [-0.25, -0.2) is 0 Å². The van der Waals surface area contributed by atoms with Crippen LogP contribution in [-0.4, -0.2) is 89.3 Å². The Kier molecular flexibility index (Phi) is 8.11. The Labute approximate surface area is 187 Å². The molecule has 0 bridgehead atoms. The number of carbonyl (C=O) groups excluding carboxylic acids is 1. The van der Waals surface area contributed by atoms with Gasteiger partial charge in [0.1, 0.15) is 6.04 Å². The van der Waals surface area contributed by atoms with E-state index >= 15 is 0 Å². The molecule has 31 heavy (non-hydrogen) atoms. The molecule has 11 N–H and O–H groups in total. The van der Waals surface area contributed by atoms with Crippen LogP contribution in [0.2, 0.25) is 0 Å². The summed E-state index contributed by atoms with van der Waals surface area (Å²) < 4.78 is 0. The van der Waals surface area contributed by atoms with Crippen molar-refractivity contribution < 1.29 is 4.79 Å². The molecule has 3 rings (SSSR count). The zero-order valence-electron chi connectivity index (χ0n) is 18.0. The smallest absolute Gasteiger partial charge is 0.240 e. The first kappa shape index (κ1) is 23.7. The van der Waals surface area contributed by atoms with Crippen molar-refractivity contribution in [3.8, 4) is 0 Å². The number of nitrogens with zero attached hydrogens (tertiary/aromatic N) is 5. The zero-order chi connectivity index (χ0) is 22.5. The molecule has 2 fully saturated rings. The second-order valence-corrected chi connectivity index (χ2v) is 9.45. The number of primary amides is 1. The molecule has 0 aromatic carbocycles. The highest BCUT2D eigenvalue weighted by Crippen LogP contribution is 2.22. The van der Waals surface area contributed by atoms with Crippen molar-refractivity contribution in [1.82, 2.24) is 15.0 Å². The minimum atomic E-state index is -0.590. The number of nitrogens with two attached hydrogens (primary N) is 5. The van der Waals surface area contributed by atoms with E-state index in [4.69, 9.17) is 28.7 Å². The molecule has 174 valence electrons. The molecule has 0 unspecified atom stereocenters. The number of nitrogens with one attached hydrogen (secondary N) is 1. The van der Waals surface area contributed by atoms with E-state index in [1.807, 2.05) is 16.1 Å². The van der Waals surface area contributed by atoms with Crippen molar-refractivity contribution in [1.29, 1.82) is 0 Å². The largest absolute Gasteiger partial charge is 0.368 e. The molecule has 0 radical (unpaired) electrons. The molecule has 13 heteroatoms. The second-order valence-electron chi connectivity index (χ2n) is 8.46. The molecular weight excluding hydrogens is 418 g/mol. The maximum atomic E-state index is 11.9. The van der Waals surface area contributed by atoms with Gasteiger partial charge >= 0.3 is 0 Å². The number of anilines is 3. The maximum Gasteiger partial charge on any atom is 0.240 e. The Balaban J connectivity index is 1.92. The third-order valence-electron chi connectivity index (χ3n) is 5.47. The van der Waals surface area contributed by atoms with Gasteiger partial charge in [0, 0.05) is 50.3 Å². The predicted molar refractivity (Wildman–Crippen MR) is 125 cm³/mol. The van der Waals surface area contributed by atoms with E-state index in [1.165, 1.54) is 0 Å². The van der Waals surface area contributed by atoms with Gasteiger partial charge in [-0.3, -0.25) is 4.79 Å². The summed E-state index contributed by atoms with van der Waals surface area (Å²) in [6.45, 7) is 2.34. The number of carbonyl (C=O) groups is 1. The van der Waals surface area contributed by atoms with Crippen LogP contribution in [0.15, 0.2) is 0 Å². The summed E-state index contributed by atoms with van der Waals surface area (Å²) in [6.07, 6.45) is 4.02. The van der Waals surface area contributed by atoms with Gasteiger partial charge in [-0.2, -0.15) is 26.7 Å². The van der Waals surface area contributed by atoms with Gasteiger partial charge in [-0.05, 0) is 31.3 Å². The van der Waals surface area contributed by atoms with Crippen LogP contribution in [0.1, 0.15) is 19.3 Å². The lowest BCUT2D eigenvalue weighted by atomic mass is 10.0. The number of thioether (sulfide) groups is 1. The molecule has 2 saturated heterocycles. The number of amides is 1. The Morgan fingerprint density at radius 1 is 0.968 bits per heavy atom. The first-order valence-corrected chi connectivity index (χ1v) is 12.0. The molecule has 0 aliphatic carbocycles. The highest BCUT2D eigenvalue weighted by atomic mass is 32.2. The van der Waals surface area contributed by atoms with E-state index in [0.29, 0.717) is 44.5 Å². The normalized spacial score (nSPS) is 27.8. The van der Waals surface area contributed by atoms with E-state index < -0.39 is 11.9 Å². The van der Waals surface area contributed by atoms with Crippen molar-refractivity contribution in [2.24, 2.45) is 28.7 Å². The third-order valence-corrected chi connectivity index (χ3v) is 6.11. The quantitative estimate of drug-likeness (QED) is 0.244. The summed E-state index contributed by atoms with van der Waals surface area (Å²) in [5.41, 5.74) is 30.3. The molecule has 0 saturated carbocycles. The minimum Gasteiger partial charge on any atom is -0.368 e. The fraction of sp³-hybridized carbons (Fsp3) is 0.778. The lowest BCUT2D eigenvalue weighted by molar-refractivity contribution is -0.118. The second kappa shape index (κ2) is 10.6. The molecule has 5 atom stereocenters. The van der Waals surface area contributed by atoms with E-state index in [0.717, 1.165) is 18.6 Å². The van der Waals surface area contributed by atoms with Gasteiger partial charge < -0.3 is 43.8 Å². The van der Waals surface area contributed by atoms with E-state index in [2.05, 4.69) is 20.3 Å². The molecule has 2 aliphatic rings. The molecule has 2 aliphatic heterocycles. The van der Waals surface area contributed by atoms with Crippen LogP contribution in [0.3, 0.4) is 0 Å². The average molecular weight is 454 g/mol. The van der Waals surface area contributed by atoms with Gasteiger partial charge in [0.2, 0.25) is 23.8 Å². The van der Waals surface area contributed by atoms with Crippen LogP contribution < -0.4 is 43.8 Å². The van der Waals surface area contributed by atoms with E-state index in [-0.39, 0.29) is 30.1 Å². The summed E-state index contributed by atoms with van der Waals surface area (Å²) in [4.78, 5) is 29.7. The predicted octanol–water partition coefficient (Wildman–Crippen LogP) is -2.38. The van der Waals surface area contributed by atoms with Crippen molar-refractivity contribution in [2.45, 2.75) is 49.5 Å². The Morgan fingerprint density at radius 3 is 1.81 bits per heavy atom. The van der Waals surface area contributed by atoms with Crippen LogP contribution in [0.25, 0.3) is 0 Å². The Morgan fingerprint density at radius 2 is 1.42 bits per heavy atom. The summed E-state index contributed by atoms with van der Waals surface area (Å²) in [7, 11) is 0. The third kappa shape index (κ3) is 6.53. The Hall–Kier alpha value is -1.93. The van der Waals surface area contributed by atoms with Crippen molar-refractivity contribution in [2.75, 3.05) is 53.3 Å². The SMILES string of the molecule is CSCC[C@H](Nc1nc(N2C[C@H](N)C[C@H](N)C2)nc(N2C[C@H](N)C[C@H](N)C2)n1)C(N)=O. The maximum absolute atomic E-state index is 11.9. The molecule has 3 heterocycles. The number of hydrogen-bond donors (Lipinski definition) is 6. The van der Waals surface area contributed by atoms with Crippen molar-refractivity contribution in [3.63, 3.8) is 0 Å².